The Balaban J connectivity index is 0.000000829. The van der Waals surface area contributed by atoms with Gasteiger partial charge in [0.05, 0.1) is 0 Å². The number of hydrogen-bond donors (Lipinski definition) is 1. The molecule has 0 unspecified atom stereocenters. The fourth-order valence-electron chi connectivity index (χ4n) is 2.70. The van der Waals surface area contributed by atoms with Crippen molar-refractivity contribution in [2.75, 3.05) is 0 Å². The average Bonchev–Trinajstić information content (AvgIpc) is 3.16. The van der Waals surface area contributed by atoms with Gasteiger partial charge in [-0.05, 0) is 62.3 Å². The molecule has 0 aromatic rings. The van der Waals surface area contributed by atoms with E-state index in [1.165, 1.54) is 56.1 Å². The molecule has 1 N–H and O–H groups in total. The molecular weight excluding hydrogens is 242 g/mol. The number of rotatable bonds is 4. The molecule has 0 heterocycles. The van der Waals surface area contributed by atoms with Crippen LogP contribution in [0.4, 0.5) is 0 Å². The van der Waals surface area contributed by atoms with E-state index >= 15 is 0 Å². The highest BCUT2D eigenvalue weighted by Crippen LogP contribution is 2.34. The van der Waals surface area contributed by atoms with E-state index in [1.807, 2.05) is 13.8 Å². The van der Waals surface area contributed by atoms with Crippen LogP contribution in [0.3, 0.4) is 0 Å². The van der Waals surface area contributed by atoms with Crippen LogP contribution in [0.2, 0.25) is 0 Å². The first kappa shape index (κ1) is 18.5. The molecule has 0 aromatic carbocycles. The summed E-state index contributed by atoms with van der Waals surface area (Å²) in [6.07, 6.45) is 13.2. The van der Waals surface area contributed by atoms with E-state index in [9.17, 15) is 0 Å². The Kier molecular flexibility index (Phi) is 10.5. The summed E-state index contributed by atoms with van der Waals surface area (Å²) in [5.74, 6) is 0. The molecule has 1 nitrogen and oxygen atoms in total. The van der Waals surface area contributed by atoms with Gasteiger partial charge in [0.15, 0.2) is 0 Å². The maximum atomic E-state index is 4.08. The van der Waals surface area contributed by atoms with Gasteiger partial charge in [-0.3, -0.25) is 0 Å². The molecule has 1 saturated carbocycles. The van der Waals surface area contributed by atoms with Crippen LogP contribution < -0.4 is 5.32 Å². The Labute approximate surface area is 125 Å². The highest BCUT2D eigenvalue weighted by molar-refractivity contribution is 5.42. The second-order valence-electron chi connectivity index (χ2n) is 4.69. The second kappa shape index (κ2) is 11.3. The van der Waals surface area contributed by atoms with Crippen LogP contribution in [0, 0.1) is 0 Å². The highest BCUT2D eigenvalue weighted by atomic mass is 14.8. The van der Waals surface area contributed by atoms with Gasteiger partial charge in [-0.25, -0.2) is 0 Å². The Bertz CT molecular complexity index is 363. The standard InChI is InChI=1S/C15H21N.C2H6.C2H4/c1-3-16-12(2)15-10-6-9-14(15)11-13-7-4-5-8-13;2*1-2/h3,11,16H,1-2,4-10H2;1-2H3;1-2H2. The molecule has 0 atom stereocenters. The molecule has 1 fully saturated rings. The smallest absolute Gasteiger partial charge is 0.0341 e. The number of allylic oxidation sites excluding steroid dienone is 4. The fraction of sp³-hybridized carbons (Fsp3) is 0.474. The van der Waals surface area contributed by atoms with E-state index in [2.05, 4.69) is 37.7 Å². The zero-order chi connectivity index (χ0) is 15.4. The molecule has 0 bridgehead atoms. The number of hydrogen-bond acceptors (Lipinski definition) is 1. The molecule has 0 spiro atoms. The summed E-state index contributed by atoms with van der Waals surface area (Å²) >= 11 is 0. The lowest BCUT2D eigenvalue weighted by molar-refractivity contribution is 0.886. The average molecular weight is 273 g/mol. The van der Waals surface area contributed by atoms with Gasteiger partial charge in [-0.15, -0.1) is 13.2 Å². The normalized spacial score (nSPS) is 16.6. The van der Waals surface area contributed by atoms with Crippen molar-refractivity contribution in [1.82, 2.24) is 5.32 Å². The Morgan fingerprint density at radius 3 is 2.15 bits per heavy atom. The maximum absolute atomic E-state index is 4.08. The molecule has 2 rings (SSSR count). The Morgan fingerprint density at radius 1 is 1.00 bits per heavy atom. The predicted octanol–water partition coefficient (Wildman–Crippen LogP) is 6.04. The van der Waals surface area contributed by atoms with Crippen molar-refractivity contribution in [3.8, 4) is 0 Å². The SMILES string of the molecule is C=C.C=CNC(=C)C1=C(C=C2CCCC2)CCC1.CC. The fourth-order valence-corrected chi connectivity index (χ4v) is 2.70. The zero-order valence-corrected chi connectivity index (χ0v) is 13.4. The first-order chi connectivity index (χ1) is 9.81. The second-order valence-corrected chi connectivity index (χ2v) is 4.69. The van der Waals surface area contributed by atoms with Gasteiger partial charge in [-0.2, -0.15) is 0 Å². The minimum absolute atomic E-state index is 1.04. The lowest BCUT2D eigenvalue weighted by atomic mass is 10.0. The van der Waals surface area contributed by atoms with Crippen LogP contribution in [0.15, 0.2) is 61.0 Å². The summed E-state index contributed by atoms with van der Waals surface area (Å²) in [7, 11) is 0. The van der Waals surface area contributed by atoms with Gasteiger partial charge < -0.3 is 5.32 Å². The zero-order valence-electron chi connectivity index (χ0n) is 13.4. The van der Waals surface area contributed by atoms with E-state index in [0.29, 0.717) is 0 Å². The molecule has 0 radical (unpaired) electrons. The van der Waals surface area contributed by atoms with Gasteiger partial charge in [0, 0.05) is 5.70 Å². The van der Waals surface area contributed by atoms with Crippen molar-refractivity contribution in [3.63, 3.8) is 0 Å². The van der Waals surface area contributed by atoms with Gasteiger partial charge in [-0.1, -0.05) is 38.7 Å². The first-order valence-corrected chi connectivity index (χ1v) is 7.79. The van der Waals surface area contributed by atoms with Crippen molar-refractivity contribution < 1.29 is 0 Å². The van der Waals surface area contributed by atoms with E-state index in [1.54, 1.807) is 11.8 Å². The predicted molar refractivity (Wildman–Crippen MR) is 92.5 cm³/mol. The molecule has 0 aliphatic heterocycles. The first-order valence-electron chi connectivity index (χ1n) is 7.79. The quantitative estimate of drug-likeness (QED) is 0.615. The van der Waals surface area contributed by atoms with Crippen LogP contribution in [0.5, 0.6) is 0 Å². The minimum Gasteiger partial charge on any atom is -0.363 e. The van der Waals surface area contributed by atoms with Crippen LogP contribution in [0.25, 0.3) is 0 Å². The minimum atomic E-state index is 1.04. The van der Waals surface area contributed by atoms with Gasteiger partial charge in [0.25, 0.3) is 0 Å². The van der Waals surface area contributed by atoms with Crippen molar-refractivity contribution in [2.45, 2.75) is 58.8 Å². The summed E-state index contributed by atoms with van der Waals surface area (Å²) in [5, 5.41) is 3.12. The highest BCUT2D eigenvalue weighted by Gasteiger charge is 2.16. The third-order valence-electron chi connectivity index (χ3n) is 3.53. The Hall–Kier alpha value is -1.50. The molecule has 2 aliphatic rings. The summed E-state index contributed by atoms with van der Waals surface area (Å²) in [6.45, 7) is 17.8. The number of nitrogens with one attached hydrogen (secondary N) is 1. The van der Waals surface area contributed by atoms with Gasteiger partial charge in [0.2, 0.25) is 0 Å². The molecule has 20 heavy (non-hydrogen) atoms. The topological polar surface area (TPSA) is 12.0 Å². The van der Waals surface area contributed by atoms with Crippen LogP contribution in [0.1, 0.15) is 58.8 Å². The molecule has 0 saturated heterocycles. The van der Waals surface area contributed by atoms with Crippen LogP contribution in [-0.2, 0) is 0 Å². The van der Waals surface area contributed by atoms with Crippen molar-refractivity contribution in [2.24, 2.45) is 0 Å². The molecular formula is C19H31N. The molecule has 2 aliphatic carbocycles. The van der Waals surface area contributed by atoms with Crippen LogP contribution >= 0.6 is 0 Å². The van der Waals surface area contributed by atoms with Crippen molar-refractivity contribution in [1.29, 1.82) is 0 Å². The largest absolute Gasteiger partial charge is 0.363 e. The Morgan fingerprint density at radius 2 is 1.60 bits per heavy atom. The summed E-state index contributed by atoms with van der Waals surface area (Å²) in [5.41, 5.74) is 5.61. The maximum Gasteiger partial charge on any atom is 0.0341 e. The van der Waals surface area contributed by atoms with Crippen LogP contribution in [-0.4, -0.2) is 0 Å². The summed E-state index contributed by atoms with van der Waals surface area (Å²) in [6, 6.07) is 0. The third-order valence-corrected chi connectivity index (χ3v) is 3.53. The monoisotopic (exact) mass is 273 g/mol. The molecule has 0 amide bonds. The summed E-state index contributed by atoms with van der Waals surface area (Å²) in [4.78, 5) is 0. The van der Waals surface area contributed by atoms with Gasteiger partial charge in [0.1, 0.15) is 0 Å². The lowest BCUT2D eigenvalue weighted by Gasteiger charge is -2.08. The molecule has 0 aromatic heterocycles. The molecule has 1 heteroatoms. The van der Waals surface area contributed by atoms with Gasteiger partial charge >= 0.3 is 0 Å². The lowest BCUT2D eigenvalue weighted by Crippen LogP contribution is -2.05. The van der Waals surface area contributed by atoms with E-state index < -0.39 is 0 Å². The summed E-state index contributed by atoms with van der Waals surface area (Å²) < 4.78 is 0. The van der Waals surface area contributed by atoms with E-state index in [-0.39, 0.29) is 0 Å². The van der Waals surface area contributed by atoms with E-state index in [0.717, 1.165) is 5.70 Å². The molecule has 112 valence electrons. The van der Waals surface area contributed by atoms with E-state index in [4.69, 9.17) is 0 Å². The van der Waals surface area contributed by atoms with Crippen molar-refractivity contribution in [3.05, 3.63) is 61.0 Å². The third kappa shape index (κ3) is 5.64. The van der Waals surface area contributed by atoms with Crippen molar-refractivity contribution >= 4 is 0 Å².